The van der Waals surface area contributed by atoms with Crippen LogP contribution in [0.15, 0.2) is 30.3 Å². The fourth-order valence-corrected chi connectivity index (χ4v) is 2.43. The van der Waals surface area contributed by atoms with Gasteiger partial charge in [-0.05, 0) is 18.4 Å². The number of ether oxygens (including phenoxy) is 1. The molecule has 0 spiro atoms. The lowest BCUT2D eigenvalue weighted by Gasteiger charge is -2.27. The molecule has 1 aliphatic rings. The number of rotatable bonds is 5. The Bertz CT molecular complexity index is 375. The van der Waals surface area contributed by atoms with Gasteiger partial charge in [0.2, 0.25) is 0 Å². The first kappa shape index (κ1) is 13.2. The maximum Gasteiger partial charge on any atom is 0.135 e. The summed E-state index contributed by atoms with van der Waals surface area (Å²) in [7, 11) is 0. The second-order valence-electron chi connectivity index (χ2n) is 4.80. The van der Waals surface area contributed by atoms with E-state index >= 15 is 0 Å². The molecule has 0 aliphatic heterocycles. The van der Waals surface area contributed by atoms with Crippen molar-refractivity contribution in [1.29, 1.82) is 0 Å². The number of hydrogen-bond donors (Lipinski definition) is 1. The van der Waals surface area contributed by atoms with E-state index in [1.54, 1.807) is 0 Å². The van der Waals surface area contributed by atoms with Gasteiger partial charge in [0.25, 0.3) is 0 Å². The molecule has 0 radical (unpaired) electrons. The predicted molar refractivity (Wildman–Crippen MR) is 69.2 cm³/mol. The highest BCUT2D eigenvalue weighted by molar-refractivity contribution is 5.79. The van der Waals surface area contributed by atoms with Crippen LogP contribution < -0.4 is 0 Å². The molecule has 3 nitrogen and oxygen atoms in total. The highest BCUT2D eigenvalue weighted by atomic mass is 16.5. The van der Waals surface area contributed by atoms with Gasteiger partial charge < -0.3 is 9.84 Å². The first-order valence-corrected chi connectivity index (χ1v) is 6.62. The van der Waals surface area contributed by atoms with E-state index in [0.717, 1.165) is 18.4 Å². The van der Waals surface area contributed by atoms with Crippen LogP contribution in [0.2, 0.25) is 0 Å². The van der Waals surface area contributed by atoms with Crippen LogP contribution in [0.25, 0.3) is 0 Å². The first-order valence-electron chi connectivity index (χ1n) is 6.62. The minimum Gasteiger partial charge on any atom is -0.396 e. The summed E-state index contributed by atoms with van der Waals surface area (Å²) in [4.78, 5) is 11.4. The van der Waals surface area contributed by atoms with Crippen LogP contribution >= 0.6 is 0 Å². The Balaban J connectivity index is 2.00. The lowest BCUT2D eigenvalue weighted by Crippen LogP contribution is -2.25. The fraction of sp³-hybridized carbons (Fsp3) is 0.533. The standard InChI is InChI=1S/C15H20O3/c16-10-9-15(12-5-2-1-3-6-12)18-14-8-4-7-13(17)11-14/h1-3,5-6,14-16H,4,7-11H2/t14-,15-/m1/s1. The molecule has 1 N–H and O–H groups in total. The van der Waals surface area contributed by atoms with Gasteiger partial charge in [0.15, 0.2) is 0 Å². The monoisotopic (exact) mass is 248 g/mol. The van der Waals surface area contributed by atoms with Gasteiger partial charge in [0.1, 0.15) is 5.78 Å². The van der Waals surface area contributed by atoms with Gasteiger partial charge in [0, 0.05) is 25.9 Å². The van der Waals surface area contributed by atoms with E-state index in [0.29, 0.717) is 25.0 Å². The van der Waals surface area contributed by atoms with Crippen molar-refractivity contribution in [3.63, 3.8) is 0 Å². The summed E-state index contributed by atoms with van der Waals surface area (Å²) in [5.41, 5.74) is 1.07. The molecule has 1 fully saturated rings. The smallest absolute Gasteiger partial charge is 0.135 e. The summed E-state index contributed by atoms with van der Waals surface area (Å²) in [6, 6.07) is 9.91. The molecule has 0 bridgehead atoms. The molecule has 1 aromatic carbocycles. The average molecular weight is 248 g/mol. The number of aliphatic hydroxyl groups excluding tert-OH is 1. The summed E-state index contributed by atoms with van der Waals surface area (Å²) in [6.45, 7) is 0.0974. The van der Waals surface area contributed by atoms with Crippen molar-refractivity contribution in [3.8, 4) is 0 Å². The number of Topliss-reactive ketones (excluding diaryl/α,β-unsaturated/α-hetero) is 1. The Morgan fingerprint density at radius 3 is 2.78 bits per heavy atom. The Kier molecular flexibility index (Phi) is 4.90. The molecule has 0 amide bonds. The van der Waals surface area contributed by atoms with Crippen LogP contribution in [0, 0.1) is 0 Å². The quantitative estimate of drug-likeness (QED) is 0.871. The van der Waals surface area contributed by atoms with E-state index in [1.165, 1.54) is 0 Å². The minimum absolute atomic E-state index is 0.0167. The largest absolute Gasteiger partial charge is 0.396 e. The molecule has 1 saturated carbocycles. The third-order valence-corrected chi connectivity index (χ3v) is 3.36. The number of benzene rings is 1. The zero-order chi connectivity index (χ0) is 12.8. The van der Waals surface area contributed by atoms with E-state index in [1.807, 2.05) is 30.3 Å². The molecule has 0 heterocycles. The van der Waals surface area contributed by atoms with Gasteiger partial charge in [-0.15, -0.1) is 0 Å². The predicted octanol–water partition coefficient (Wildman–Crippen LogP) is 2.64. The van der Waals surface area contributed by atoms with E-state index in [4.69, 9.17) is 9.84 Å². The van der Waals surface area contributed by atoms with Gasteiger partial charge in [-0.3, -0.25) is 4.79 Å². The molecular formula is C15H20O3. The van der Waals surface area contributed by atoms with Crippen LogP contribution in [-0.4, -0.2) is 23.6 Å². The topological polar surface area (TPSA) is 46.5 Å². The van der Waals surface area contributed by atoms with Gasteiger partial charge in [0.05, 0.1) is 12.2 Å². The summed E-state index contributed by atoms with van der Waals surface area (Å²) in [6.07, 6.45) is 3.57. The van der Waals surface area contributed by atoms with Gasteiger partial charge >= 0.3 is 0 Å². The Hall–Kier alpha value is -1.19. The number of aliphatic hydroxyl groups is 1. The Morgan fingerprint density at radius 2 is 2.11 bits per heavy atom. The van der Waals surface area contributed by atoms with Crippen molar-refractivity contribution in [2.75, 3.05) is 6.61 Å². The molecule has 0 saturated heterocycles. The minimum atomic E-state index is -0.105. The molecular weight excluding hydrogens is 228 g/mol. The lowest BCUT2D eigenvalue weighted by molar-refractivity contribution is -0.127. The third kappa shape index (κ3) is 3.65. The van der Waals surface area contributed by atoms with Crippen molar-refractivity contribution in [3.05, 3.63) is 35.9 Å². The van der Waals surface area contributed by atoms with Crippen LogP contribution in [0.1, 0.15) is 43.8 Å². The number of ketones is 1. The van der Waals surface area contributed by atoms with Crippen LogP contribution in [0.4, 0.5) is 0 Å². The van der Waals surface area contributed by atoms with Crippen molar-refractivity contribution >= 4 is 5.78 Å². The molecule has 18 heavy (non-hydrogen) atoms. The summed E-state index contributed by atoms with van der Waals surface area (Å²) in [5, 5.41) is 9.13. The normalized spacial score (nSPS) is 21.8. The molecule has 2 atom stereocenters. The molecule has 2 rings (SSSR count). The van der Waals surface area contributed by atoms with E-state index in [9.17, 15) is 4.79 Å². The Morgan fingerprint density at radius 1 is 1.33 bits per heavy atom. The molecule has 1 aliphatic carbocycles. The number of hydrogen-bond acceptors (Lipinski definition) is 3. The van der Waals surface area contributed by atoms with Gasteiger partial charge in [-0.1, -0.05) is 30.3 Å². The van der Waals surface area contributed by atoms with Gasteiger partial charge in [-0.2, -0.15) is 0 Å². The fourth-order valence-electron chi connectivity index (χ4n) is 2.43. The highest BCUT2D eigenvalue weighted by Crippen LogP contribution is 2.27. The number of carbonyl (C=O) groups is 1. The summed E-state index contributed by atoms with van der Waals surface area (Å²) < 4.78 is 6.01. The molecule has 0 unspecified atom stereocenters. The third-order valence-electron chi connectivity index (χ3n) is 3.36. The number of carbonyl (C=O) groups excluding carboxylic acids is 1. The summed E-state index contributed by atoms with van der Waals surface area (Å²) in [5.74, 6) is 0.294. The maximum absolute atomic E-state index is 11.4. The lowest BCUT2D eigenvalue weighted by atomic mass is 9.96. The van der Waals surface area contributed by atoms with Crippen molar-refractivity contribution in [2.45, 2.75) is 44.3 Å². The van der Waals surface area contributed by atoms with Crippen LogP contribution in [-0.2, 0) is 9.53 Å². The second-order valence-corrected chi connectivity index (χ2v) is 4.80. The zero-order valence-corrected chi connectivity index (χ0v) is 10.5. The van der Waals surface area contributed by atoms with Crippen LogP contribution in [0.3, 0.4) is 0 Å². The highest BCUT2D eigenvalue weighted by Gasteiger charge is 2.23. The van der Waals surface area contributed by atoms with E-state index < -0.39 is 0 Å². The molecule has 1 aromatic rings. The van der Waals surface area contributed by atoms with E-state index in [2.05, 4.69) is 0 Å². The van der Waals surface area contributed by atoms with Gasteiger partial charge in [-0.25, -0.2) is 0 Å². The van der Waals surface area contributed by atoms with Crippen LogP contribution in [0.5, 0.6) is 0 Å². The SMILES string of the molecule is O=C1CCC[C@@H](O[C@H](CCO)c2ccccc2)C1. The molecule has 0 aromatic heterocycles. The maximum atomic E-state index is 11.4. The Labute approximate surface area is 108 Å². The summed E-state index contributed by atoms with van der Waals surface area (Å²) >= 11 is 0. The second kappa shape index (κ2) is 6.66. The van der Waals surface area contributed by atoms with E-state index in [-0.39, 0.29) is 18.8 Å². The first-order chi connectivity index (χ1) is 8.79. The zero-order valence-electron chi connectivity index (χ0n) is 10.5. The van der Waals surface area contributed by atoms with Crippen molar-refractivity contribution in [2.24, 2.45) is 0 Å². The molecule has 3 heteroatoms. The average Bonchev–Trinajstić information content (AvgIpc) is 2.39. The van der Waals surface area contributed by atoms with Crippen molar-refractivity contribution in [1.82, 2.24) is 0 Å². The van der Waals surface area contributed by atoms with Crippen molar-refractivity contribution < 1.29 is 14.6 Å². The molecule has 98 valence electrons.